The Labute approximate surface area is 250 Å². The number of hydrogen-bond donors (Lipinski definition) is 1. The van der Waals surface area contributed by atoms with E-state index in [0.717, 1.165) is 24.2 Å². The third-order valence-electron chi connectivity index (χ3n) is 9.79. The van der Waals surface area contributed by atoms with Crippen molar-refractivity contribution >= 4 is 11.6 Å². The molecule has 1 aromatic heterocycles. The number of carbonyl (C=O) groups is 1. The molecule has 6 rings (SSSR count). The molecule has 2 atom stereocenters. The van der Waals surface area contributed by atoms with Crippen molar-refractivity contribution in [2.75, 3.05) is 24.6 Å². The summed E-state index contributed by atoms with van der Waals surface area (Å²) in [5.41, 5.74) is 7.53. The Morgan fingerprint density at radius 1 is 1.21 bits per heavy atom. The molecule has 2 aromatic carbocycles. The van der Waals surface area contributed by atoms with E-state index in [9.17, 15) is 18.0 Å². The fourth-order valence-electron chi connectivity index (χ4n) is 7.33. The summed E-state index contributed by atoms with van der Waals surface area (Å²) in [5.74, 6) is 0.435. The highest BCUT2D eigenvalue weighted by Crippen LogP contribution is 2.58. The molecule has 3 heterocycles. The molecule has 1 unspecified atom stereocenters. The first-order valence-corrected chi connectivity index (χ1v) is 14.9. The predicted octanol–water partition coefficient (Wildman–Crippen LogP) is 4.84. The van der Waals surface area contributed by atoms with Crippen LogP contribution >= 0.6 is 0 Å². The Kier molecular flexibility index (Phi) is 7.42. The molecule has 43 heavy (non-hydrogen) atoms. The van der Waals surface area contributed by atoms with Crippen LogP contribution in [0, 0.1) is 5.41 Å². The third-order valence-corrected chi connectivity index (χ3v) is 9.79. The second-order valence-electron chi connectivity index (χ2n) is 13.1. The van der Waals surface area contributed by atoms with Crippen LogP contribution in [0.5, 0.6) is 0 Å². The standard InChI is InChI=1S/C32H39F3N6O2/c1-20-14-40(8-9-43-20)15-22-10-25-26(27(11-22)32(33,34)35)16-41(29(25)42)24-7-5-6-23(12-24)31(13-28-38-37-19-39(28)4)17-30(3,18-31)21(2)36/h5-7,10-12,19-21H,8-9,13-18,36H2,1-4H3/t20-,21?,30-,31-/m1/s1. The number of rotatable bonds is 7. The normalized spacial score (nSPS) is 26.8. The van der Waals surface area contributed by atoms with E-state index in [-0.39, 0.29) is 40.6 Å². The number of morpholine rings is 1. The van der Waals surface area contributed by atoms with Gasteiger partial charge in [-0.2, -0.15) is 13.2 Å². The van der Waals surface area contributed by atoms with Crippen molar-refractivity contribution < 1.29 is 22.7 Å². The number of ether oxygens (including phenoxy) is 1. The molecular formula is C32H39F3N6O2. The lowest BCUT2D eigenvalue weighted by atomic mass is 9.48. The number of fused-ring (bicyclic) bond motifs is 1. The Balaban J connectivity index is 1.33. The quantitative estimate of drug-likeness (QED) is 0.420. The Hall–Kier alpha value is -3.28. The van der Waals surface area contributed by atoms with Crippen molar-refractivity contribution in [2.24, 2.45) is 18.2 Å². The number of aryl methyl sites for hydroxylation is 1. The lowest BCUT2D eigenvalue weighted by molar-refractivity contribution is -0.138. The van der Waals surface area contributed by atoms with Crippen LogP contribution in [0.3, 0.4) is 0 Å². The molecule has 230 valence electrons. The van der Waals surface area contributed by atoms with Crippen molar-refractivity contribution in [3.8, 4) is 0 Å². The van der Waals surface area contributed by atoms with Crippen LogP contribution < -0.4 is 10.6 Å². The number of hydrogen-bond acceptors (Lipinski definition) is 6. The number of aromatic nitrogens is 3. The molecule has 0 spiro atoms. The minimum Gasteiger partial charge on any atom is -0.376 e. The van der Waals surface area contributed by atoms with Crippen LogP contribution in [-0.4, -0.2) is 57.4 Å². The SMILES string of the molecule is CC(N)[C@]1(C)C[C@@](Cc2nncn2C)(c2cccc(N3Cc4c(cc(CN5CCO[C@H](C)C5)cc4C(F)(F)F)C3=O)c2)C1. The third kappa shape index (κ3) is 5.47. The molecule has 2 N–H and O–H groups in total. The van der Waals surface area contributed by atoms with Gasteiger partial charge < -0.3 is 19.9 Å². The van der Waals surface area contributed by atoms with Crippen LogP contribution in [0.2, 0.25) is 0 Å². The van der Waals surface area contributed by atoms with Crippen LogP contribution in [-0.2, 0) is 42.9 Å². The Morgan fingerprint density at radius 3 is 2.63 bits per heavy atom. The van der Waals surface area contributed by atoms with E-state index in [1.165, 1.54) is 11.0 Å². The average molecular weight is 597 g/mol. The van der Waals surface area contributed by atoms with E-state index < -0.39 is 17.6 Å². The van der Waals surface area contributed by atoms with Gasteiger partial charge in [0.05, 0.1) is 24.8 Å². The molecule has 11 heteroatoms. The van der Waals surface area contributed by atoms with Crippen molar-refractivity contribution in [1.82, 2.24) is 19.7 Å². The van der Waals surface area contributed by atoms with Crippen LogP contribution in [0.4, 0.5) is 18.9 Å². The molecule has 8 nitrogen and oxygen atoms in total. The highest BCUT2D eigenvalue weighted by molar-refractivity contribution is 6.10. The van der Waals surface area contributed by atoms with Gasteiger partial charge in [-0.1, -0.05) is 19.1 Å². The van der Waals surface area contributed by atoms with Gasteiger partial charge in [0.15, 0.2) is 0 Å². The van der Waals surface area contributed by atoms with E-state index in [1.807, 2.05) is 43.7 Å². The van der Waals surface area contributed by atoms with Gasteiger partial charge >= 0.3 is 6.18 Å². The Bertz CT molecular complexity index is 1530. The second kappa shape index (κ2) is 10.7. The molecular weight excluding hydrogens is 557 g/mol. The van der Waals surface area contributed by atoms with Gasteiger partial charge in [-0.25, -0.2) is 0 Å². The minimum absolute atomic E-state index is 0.00590. The van der Waals surface area contributed by atoms with Gasteiger partial charge in [0.25, 0.3) is 5.91 Å². The number of amides is 1. The van der Waals surface area contributed by atoms with E-state index >= 15 is 0 Å². The van der Waals surface area contributed by atoms with Gasteiger partial charge in [-0.05, 0) is 73.1 Å². The summed E-state index contributed by atoms with van der Waals surface area (Å²) >= 11 is 0. The molecule has 1 aliphatic carbocycles. The summed E-state index contributed by atoms with van der Waals surface area (Å²) in [6, 6.07) is 10.5. The predicted molar refractivity (Wildman–Crippen MR) is 156 cm³/mol. The van der Waals surface area contributed by atoms with Crippen molar-refractivity contribution in [1.29, 1.82) is 0 Å². The highest BCUT2D eigenvalue weighted by atomic mass is 19.4. The van der Waals surface area contributed by atoms with Gasteiger partial charge in [-0.3, -0.25) is 9.69 Å². The maximum absolute atomic E-state index is 14.4. The lowest BCUT2D eigenvalue weighted by Gasteiger charge is -2.57. The number of carbonyl (C=O) groups excluding carboxylic acids is 1. The van der Waals surface area contributed by atoms with Crippen LogP contribution in [0.15, 0.2) is 42.7 Å². The zero-order valence-corrected chi connectivity index (χ0v) is 25.1. The van der Waals surface area contributed by atoms with Crippen LogP contribution in [0.25, 0.3) is 0 Å². The minimum atomic E-state index is -4.58. The summed E-state index contributed by atoms with van der Waals surface area (Å²) in [5, 5.41) is 8.38. The topological polar surface area (TPSA) is 89.5 Å². The fourth-order valence-corrected chi connectivity index (χ4v) is 7.33. The number of nitrogens with two attached hydrogens (primary N) is 1. The van der Waals surface area contributed by atoms with Crippen molar-refractivity contribution in [3.05, 3.63) is 76.4 Å². The summed E-state index contributed by atoms with van der Waals surface area (Å²) in [6.45, 7) is 8.15. The second-order valence-corrected chi connectivity index (χ2v) is 13.1. The molecule has 1 saturated heterocycles. The summed E-state index contributed by atoms with van der Waals surface area (Å²) in [6.07, 6.45) is -0.603. The van der Waals surface area contributed by atoms with Gasteiger partial charge in [0.2, 0.25) is 0 Å². The number of alkyl halides is 3. The van der Waals surface area contributed by atoms with Gasteiger partial charge in [0, 0.05) is 55.8 Å². The first-order chi connectivity index (χ1) is 20.3. The maximum atomic E-state index is 14.4. The highest BCUT2D eigenvalue weighted by Gasteiger charge is 2.55. The van der Waals surface area contributed by atoms with Crippen molar-refractivity contribution in [2.45, 2.75) is 76.9 Å². The van der Waals surface area contributed by atoms with Gasteiger partial charge in [0.1, 0.15) is 12.2 Å². The van der Waals surface area contributed by atoms with Gasteiger partial charge in [-0.15, -0.1) is 10.2 Å². The average Bonchev–Trinajstić information content (AvgIpc) is 3.48. The van der Waals surface area contributed by atoms with Crippen molar-refractivity contribution in [3.63, 3.8) is 0 Å². The van der Waals surface area contributed by atoms with E-state index in [1.54, 1.807) is 18.5 Å². The zero-order valence-electron chi connectivity index (χ0n) is 25.1. The summed E-state index contributed by atoms with van der Waals surface area (Å²) in [7, 11) is 1.91. The first-order valence-electron chi connectivity index (χ1n) is 14.9. The van der Waals surface area contributed by atoms with E-state index in [4.69, 9.17) is 10.5 Å². The van der Waals surface area contributed by atoms with E-state index in [2.05, 4.69) is 22.0 Å². The molecule has 0 radical (unpaired) electrons. The molecule has 1 amide bonds. The number of halogens is 3. The molecule has 0 bridgehead atoms. The number of benzene rings is 2. The Morgan fingerprint density at radius 2 is 1.98 bits per heavy atom. The molecule has 3 aliphatic rings. The molecule has 3 aromatic rings. The number of anilines is 1. The largest absolute Gasteiger partial charge is 0.416 e. The van der Waals surface area contributed by atoms with E-state index in [0.29, 0.717) is 43.9 Å². The summed E-state index contributed by atoms with van der Waals surface area (Å²) in [4.78, 5) is 17.3. The number of nitrogens with zero attached hydrogens (tertiary/aromatic N) is 5. The molecule has 2 fully saturated rings. The molecule has 2 aliphatic heterocycles. The molecule has 1 saturated carbocycles. The summed E-state index contributed by atoms with van der Waals surface area (Å²) < 4.78 is 50.6. The zero-order chi connectivity index (χ0) is 30.7. The lowest BCUT2D eigenvalue weighted by Crippen LogP contribution is -2.56. The maximum Gasteiger partial charge on any atom is 0.416 e. The fraction of sp³-hybridized carbons (Fsp3) is 0.531. The van der Waals surface area contributed by atoms with Crippen LogP contribution in [0.1, 0.15) is 72.0 Å². The first kappa shape index (κ1) is 29.8. The smallest absolute Gasteiger partial charge is 0.376 e. The monoisotopic (exact) mass is 596 g/mol.